The average molecular weight is 279 g/mol. The first-order valence-electron chi connectivity index (χ1n) is 8.11. The standard InChI is InChI=1S/C16H29N3O/c1-3-9-17-11-15-10-16(20-18-15)13-19(2)12-14-7-5-4-6-8-14/h10,14,17H,3-9,11-13H2,1-2H3. The molecule has 0 amide bonds. The van der Waals surface area contributed by atoms with Crippen LogP contribution in [0.25, 0.3) is 0 Å². The Morgan fingerprint density at radius 3 is 2.90 bits per heavy atom. The van der Waals surface area contributed by atoms with Crippen molar-refractivity contribution < 1.29 is 4.52 Å². The Kier molecular flexibility index (Phi) is 6.54. The smallest absolute Gasteiger partial charge is 0.151 e. The molecule has 1 heterocycles. The minimum absolute atomic E-state index is 0.809. The highest BCUT2D eigenvalue weighted by Crippen LogP contribution is 2.24. The van der Waals surface area contributed by atoms with Crippen LogP contribution in [0.1, 0.15) is 56.9 Å². The van der Waals surface area contributed by atoms with Crippen molar-refractivity contribution in [1.29, 1.82) is 0 Å². The molecule has 1 aliphatic carbocycles. The van der Waals surface area contributed by atoms with Crippen molar-refractivity contribution in [3.05, 3.63) is 17.5 Å². The molecule has 20 heavy (non-hydrogen) atoms. The van der Waals surface area contributed by atoms with Gasteiger partial charge in [-0.3, -0.25) is 4.90 Å². The van der Waals surface area contributed by atoms with E-state index in [4.69, 9.17) is 4.52 Å². The highest BCUT2D eigenvalue weighted by Gasteiger charge is 2.16. The van der Waals surface area contributed by atoms with Crippen LogP contribution in [0.4, 0.5) is 0 Å². The highest BCUT2D eigenvalue weighted by molar-refractivity contribution is 5.05. The largest absolute Gasteiger partial charge is 0.360 e. The first-order valence-corrected chi connectivity index (χ1v) is 8.11. The summed E-state index contributed by atoms with van der Waals surface area (Å²) in [6.45, 7) is 6.07. The Morgan fingerprint density at radius 2 is 2.15 bits per heavy atom. The first-order chi connectivity index (χ1) is 9.78. The maximum atomic E-state index is 5.42. The summed E-state index contributed by atoms with van der Waals surface area (Å²) in [5.74, 6) is 1.86. The van der Waals surface area contributed by atoms with Gasteiger partial charge in [0.1, 0.15) is 0 Å². The number of nitrogens with one attached hydrogen (secondary N) is 1. The molecule has 0 aliphatic heterocycles. The molecule has 1 N–H and O–H groups in total. The molecule has 1 aromatic heterocycles. The lowest BCUT2D eigenvalue weighted by Gasteiger charge is -2.26. The summed E-state index contributed by atoms with van der Waals surface area (Å²) < 4.78 is 5.42. The third-order valence-electron chi connectivity index (χ3n) is 4.06. The molecule has 1 saturated carbocycles. The van der Waals surface area contributed by atoms with Crippen molar-refractivity contribution in [1.82, 2.24) is 15.4 Å². The fraction of sp³-hybridized carbons (Fsp3) is 0.812. The Labute approximate surface area is 122 Å². The van der Waals surface area contributed by atoms with Crippen LogP contribution in [0, 0.1) is 5.92 Å². The van der Waals surface area contributed by atoms with Gasteiger partial charge in [0.2, 0.25) is 0 Å². The van der Waals surface area contributed by atoms with E-state index in [9.17, 15) is 0 Å². The molecule has 0 aromatic carbocycles. The van der Waals surface area contributed by atoms with E-state index in [-0.39, 0.29) is 0 Å². The van der Waals surface area contributed by atoms with E-state index in [0.717, 1.165) is 43.4 Å². The average Bonchev–Trinajstić information content (AvgIpc) is 2.87. The zero-order valence-electron chi connectivity index (χ0n) is 13.0. The number of aromatic nitrogens is 1. The first kappa shape index (κ1) is 15.5. The van der Waals surface area contributed by atoms with E-state index in [2.05, 4.69) is 35.4 Å². The molecule has 4 nitrogen and oxygen atoms in total. The molecular weight excluding hydrogens is 250 g/mol. The normalized spacial score (nSPS) is 16.9. The van der Waals surface area contributed by atoms with Crippen molar-refractivity contribution >= 4 is 0 Å². The van der Waals surface area contributed by atoms with E-state index in [0.29, 0.717) is 0 Å². The van der Waals surface area contributed by atoms with Gasteiger partial charge in [0.05, 0.1) is 12.2 Å². The van der Waals surface area contributed by atoms with Crippen LogP contribution in [0.2, 0.25) is 0 Å². The van der Waals surface area contributed by atoms with Crippen LogP contribution in [0.15, 0.2) is 10.6 Å². The SMILES string of the molecule is CCCNCc1cc(CN(C)CC2CCCCC2)on1. The van der Waals surface area contributed by atoms with E-state index in [1.807, 2.05) is 0 Å². The maximum absolute atomic E-state index is 5.42. The van der Waals surface area contributed by atoms with Crippen LogP contribution in [-0.4, -0.2) is 30.2 Å². The number of hydrogen-bond donors (Lipinski definition) is 1. The molecule has 4 heteroatoms. The molecule has 1 aliphatic rings. The van der Waals surface area contributed by atoms with Crippen LogP contribution in [0.3, 0.4) is 0 Å². The van der Waals surface area contributed by atoms with E-state index >= 15 is 0 Å². The molecule has 0 bridgehead atoms. The van der Waals surface area contributed by atoms with Gasteiger partial charge in [0.25, 0.3) is 0 Å². The van der Waals surface area contributed by atoms with Crippen molar-refractivity contribution in [2.45, 2.75) is 58.5 Å². The lowest BCUT2D eigenvalue weighted by Crippen LogP contribution is -2.26. The Morgan fingerprint density at radius 1 is 1.35 bits per heavy atom. The van der Waals surface area contributed by atoms with Crippen LogP contribution in [-0.2, 0) is 13.1 Å². The Balaban J connectivity index is 1.71. The maximum Gasteiger partial charge on any atom is 0.151 e. The van der Waals surface area contributed by atoms with E-state index < -0.39 is 0 Å². The van der Waals surface area contributed by atoms with Crippen molar-refractivity contribution in [3.8, 4) is 0 Å². The van der Waals surface area contributed by atoms with Gasteiger partial charge in [-0.1, -0.05) is 31.3 Å². The summed E-state index contributed by atoms with van der Waals surface area (Å²) >= 11 is 0. The Hall–Kier alpha value is -0.870. The topological polar surface area (TPSA) is 41.3 Å². The van der Waals surface area contributed by atoms with Gasteiger partial charge in [0.15, 0.2) is 5.76 Å². The lowest BCUT2D eigenvalue weighted by molar-refractivity contribution is 0.208. The summed E-state index contributed by atoms with van der Waals surface area (Å²) in [7, 11) is 2.19. The minimum Gasteiger partial charge on any atom is -0.360 e. The van der Waals surface area contributed by atoms with Crippen molar-refractivity contribution in [2.24, 2.45) is 5.92 Å². The van der Waals surface area contributed by atoms with Crippen LogP contribution < -0.4 is 5.32 Å². The summed E-state index contributed by atoms with van der Waals surface area (Å²) in [6.07, 6.45) is 8.19. The molecule has 1 fully saturated rings. The molecule has 0 spiro atoms. The van der Waals surface area contributed by atoms with Gasteiger partial charge < -0.3 is 9.84 Å². The predicted octanol–water partition coefficient (Wildman–Crippen LogP) is 3.19. The molecule has 2 rings (SSSR count). The number of hydrogen-bond acceptors (Lipinski definition) is 4. The van der Waals surface area contributed by atoms with E-state index in [1.54, 1.807) is 0 Å². The second kappa shape index (κ2) is 8.42. The third kappa shape index (κ3) is 5.25. The monoisotopic (exact) mass is 279 g/mol. The summed E-state index contributed by atoms with van der Waals surface area (Å²) in [4.78, 5) is 2.37. The van der Waals surface area contributed by atoms with E-state index in [1.165, 1.54) is 38.6 Å². The summed E-state index contributed by atoms with van der Waals surface area (Å²) in [6, 6.07) is 2.08. The third-order valence-corrected chi connectivity index (χ3v) is 4.06. The number of nitrogens with zero attached hydrogens (tertiary/aromatic N) is 2. The van der Waals surface area contributed by atoms with Crippen LogP contribution >= 0.6 is 0 Å². The molecule has 1 aromatic rings. The fourth-order valence-corrected chi connectivity index (χ4v) is 3.05. The van der Waals surface area contributed by atoms with Gasteiger partial charge in [-0.2, -0.15) is 0 Å². The van der Waals surface area contributed by atoms with Gasteiger partial charge in [-0.15, -0.1) is 0 Å². The molecule has 0 saturated heterocycles. The quantitative estimate of drug-likeness (QED) is 0.742. The molecule has 0 atom stereocenters. The second-order valence-electron chi connectivity index (χ2n) is 6.16. The molecule has 0 radical (unpaired) electrons. The lowest BCUT2D eigenvalue weighted by atomic mass is 9.89. The Bertz CT molecular complexity index is 372. The molecule has 0 unspecified atom stereocenters. The molecule has 114 valence electrons. The van der Waals surface area contributed by atoms with Gasteiger partial charge in [-0.25, -0.2) is 0 Å². The fourth-order valence-electron chi connectivity index (χ4n) is 3.05. The minimum atomic E-state index is 0.809. The van der Waals surface area contributed by atoms with Gasteiger partial charge in [-0.05, 0) is 38.8 Å². The van der Waals surface area contributed by atoms with Gasteiger partial charge >= 0.3 is 0 Å². The number of rotatable bonds is 8. The van der Waals surface area contributed by atoms with Crippen molar-refractivity contribution in [3.63, 3.8) is 0 Å². The second-order valence-corrected chi connectivity index (χ2v) is 6.16. The van der Waals surface area contributed by atoms with Crippen molar-refractivity contribution in [2.75, 3.05) is 20.1 Å². The summed E-state index contributed by atoms with van der Waals surface area (Å²) in [5, 5.41) is 7.47. The zero-order valence-corrected chi connectivity index (χ0v) is 13.0. The highest BCUT2D eigenvalue weighted by atomic mass is 16.5. The predicted molar refractivity (Wildman–Crippen MR) is 81.4 cm³/mol. The van der Waals surface area contributed by atoms with Gasteiger partial charge in [0, 0.05) is 19.2 Å². The zero-order chi connectivity index (χ0) is 14.2. The molecular formula is C16H29N3O. The van der Waals surface area contributed by atoms with Crippen LogP contribution in [0.5, 0.6) is 0 Å². The summed E-state index contributed by atoms with van der Waals surface area (Å²) in [5.41, 5.74) is 1.01.